The van der Waals surface area contributed by atoms with E-state index in [2.05, 4.69) is 10.0 Å². The molecule has 1 saturated heterocycles. The molecule has 33 heavy (non-hydrogen) atoms. The highest BCUT2D eigenvalue weighted by Gasteiger charge is 2.27. The van der Waals surface area contributed by atoms with Crippen molar-refractivity contribution >= 4 is 33.6 Å². The second-order valence-electron chi connectivity index (χ2n) is 7.80. The van der Waals surface area contributed by atoms with E-state index in [0.717, 1.165) is 43.6 Å². The van der Waals surface area contributed by atoms with Crippen molar-refractivity contribution in [1.29, 1.82) is 0 Å². The standard InChI is InChI=1S/C23H28FN3O4S2/c1-32-14-11-20(26-33(30,31)21-10-3-2-9-19(21)24)22(28)25-16-17-7-6-8-18(15-17)23(29)27-12-4-5-13-27/h2-3,6-10,15,20,26H,4-5,11-14,16H2,1H3,(H,25,28). The van der Waals surface area contributed by atoms with Crippen LogP contribution in [-0.4, -0.2) is 56.3 Å². The molecule has 178 valence electrons. The average molecular weight is 494 g/mol. The molecule has 3 rings (SSSR count). The van der Waals surface area contributed by atoms with E-state index in [1.54, 1.807) is 24.3 Å². The first-order valence-corrected chi connectivity index (χ1v) is 13.6. The third kappa shape index (κ3) is 6.78. The normalized spacial score (nSPS) is 14.8. The van der Waals surface area contributed by atoms with Gasteiger partial charge in [-0.05, 0) is 61.1 Å². The maximum atomic E-state index is 14.0. The number of nitrogens with zero attached hydrogens (tertiary/aromatic N) is 1. The molecule has 0 bridgehead atoms. The molecule has 2 N–H and O–H groups in total. The lowest BCUT2D eigenvalue weighted by atomic mass is 10.1. The third-order valence-electron chi connectivity index (χ3n) is 5.38. The molecular weight excluding hydrogens is 465 g/mol. The van der Waals surface area contributed by atoms with Crippen molar-refractivity contribution in [2.24, 2.45) is 0 Å². The summed E-state index contributed by atoms with van der Waals surface area (Å²) in [4.78, 5) is 26.8. The van der Waals surface area contributed by atoms with E-state index in [4.69, 9.17) is 0 Å². The summed E-state index contributed by atoms with van der Waals surface area (Å²) < 4.78 is 41.7. The van der Waals surface area contributed by atoms with Gasteiger partial charge in [-0.1, -0.05) is 24.3 Å². The zero-order chi connectivity index (χ0) is 23.8. The minimum atomic E-state index is -4.22. The second-order valence-corrected chi connectivity index (χ2v) is 10.5. The van der Waals surface area contributed by atoms with Crippen molar-refractivity contribution in [3.05, 3.63) is 65.5 Å². The van der Waals surface area contributed by atoms with Crippen LogP contribution in [0.3, 0.4) is 0 Å². The van der Waals surface area contributed by atoms with E-state index in [-0.39, 0.29) is 18.9 Å². The summed E-state index contributed by atoms with van der Waals surface area (Å²) in [5, 5.41) is 2.74. The number of hydrogen-bond acceptors (Lipinski definition) is 5. The molecule has 1 heterocycles. The molecule has 0 spiro atoms. The Hall–Kier alpha value is -2.43. The van der Waals surface area contributed by atoms with Crippen LogP contribution < -0.4 is 10.0 Å². The molecule has 1 aliphatic heterocycles. The van der Waals surface area contributed by atoms with Crippen molar-refractivity contribution in [3.63, 3.8) is 0 Å². The van der Waals surface area contributed by atoms with Crippen molar-refractivity contribution in [1.82, 2.24) is 14.9 Å². The summed E-state index contributed by atoms with van der Waals surface area (Å²) in [5.74, 6) is -0.887. The number of amides is 2. The van der Waals surface area contributed by atoms with Crippen LogP contribution in [0.25, 0.3) is 0 Å². The molecule has 0 aromatic heterocycles. The van der Waals surface area contributed by atoms with Gasteiger partial charge in [-0.3, -0.25) is 9.59 Å². The Morgan fingerprint density at radius 2 is 1.85 bits per heavy atom. The summed E-state index contributed by atoms with van der Waals surface area (Å²) in [6.45, 7) is 1.63. The van der Waals surface area contributed by atoms with Gasteiger partial charge in [0.2, 0.25) is 15.9 Å². The quantitative estimate of drug-likeness (QED) is 0.531. The Morgan fingerprint density at radius 1 is 1.12 bits per heavy atom. The van der Waals surface area contributed by atoms with Gasteiger partial charge in [0, 0.05) is 25.2 Å². The lowest BCUT2D eigenvalue weighted by molar-refractivity contribution is -0.122. The Bertz CT molecular complexity index is 1090. The molecule has 2 amide bonds. The maximum Gasteiger partial charge on any atom is 0.253 e. The summed E-state index contributed by atoms with van der Waals surface area (Å²) in [6.07, 6.45) is 4.10. The van der Waals surface area contributed by atoms with Gasteiger partial charge >= 0.3 is 0 Å². The fraction of sp³-hybridized carbons (Fsp3) is 0.391. The first-order chi connectivity index (χ1) is 15.8. The average Bonchev–Trinajstić information content (AvgIpc) is 3.35. The summed E-state index contributed by atoms with van der Waals surface area (Å²) in [5.41, 5.74) is 1.29. The van der Waals surface area contributed by atoms with Crippen molar-refractivity contribution in [2.75, 3.05) is 25.1 Å². The third-order valence-corrected chi connectivity index (χ3v) is 7.53. The highest BCUT2D eigenvalue weighted by Crippen LogP contribution is 2.16. The van der Waals surface area contributed by atoms with E-state index in [1.165, 1.54) is 23.9 Å². The van der Waals surface area contributed by atoms with Gasteiger partial charge in [0.05, 0.1) is 0 Å². The molecule has 0 aliphatic carbocycles. The number of thioether (sulfide) groups is 1. The van der Waals surface area contributed by atoms with E-state index >= 15 is 0 Å². The lowest BCUT2D eigenvalue weighted by Crippen LogP contribution is -2.46. The molecule has 2 aromatic rings. The molecule has 0 saturated carbocycles. The van der Waals surface area contributed by atoms with Gasteiger partial charge in [-0.2, -0.15) is 16.5 Å². The van der Waals surface area contributed by atoms with Crippen molar-refractivity contribution in [2.45, 2.75) is 36.7 Å². The van der Waals surface area contributed by atoms with Gasteiger partial charge in [-0.15, -0.1) is 0 Å². The first kappa shape index (κ1) is 25.2. The molecule has 7 nitrogen and oxygen atoms in total. The van der Waals surface area contributed by atoms with Gasteiger partial charge in [0.1, 0.15) is 16.8 Å². The molecule has 1 aliphatic rings. The van der Waals surface area contributed by atoms with Gasteiger partial charge < -0.3 is 10.2 Å². The molecule has 10 heteroatoms. The van der Waals surface area contributed by atoms with E-state index in [0.29, 0.717) is 11.3 Å². The zero-order valence-electron chi connectivity index (χ0n) is 18.4. The highest BCUT2D eigenvalue weighted by molar-refractivity contribution is 7.98. The van der Waals surface area contributed by atoms with Crippen molar-refractivity contribution in [3.8, 4) is 0 Å². The van der Waals surface area contributed by atoms with Crippen molar-refractivity contribution < 1.29 is 22.4 Å². The summed E-state index contributed by atoms with van der Waals surface area (Å²) in [7, 11) is -4.22. The Balaban J connectivity index is 1.67. The molecular formula is C23H28FN3O4S2. The Kier molecular flexibility index (Phi) is 8.87. The van der Waals surface area contributed by atoms with Crippen LogP contribution in [0.5, 0.6) is 0 Å². The van der Waals surface area contributed by atoms with Crippen LogP contribution >= 0.6 is 11.8 Å². The number of benzene rings is 2. The predicted molar refractivity (Wildman–Crippen MR) is 127 cm³/mol. The lowest BCUT2D eigenvalue weighted by Gasteiger charge is -2.19. The van der Waals surface area contributed by atoms with Crippen LogP contribution in [0, 0.1) is 5.82 Å². The topological polar surface area (TPSA) is 95.6 Å². The molecule has 0 radical (unpaired) electrons. The number of halogens is 1. The predicted octanol–water partition coefficient (Wildman–Crippen LogP) is 2.78. The number of likely N-dealkylation sites (tertiary alicyclic amines) is 1. The number of sulfonamides is 1. The number of carbonyl (C=O) groups excluding carboxylic acids is 2. The minimum Gasteiger partial charge on any atom is -0.351 e. The number of rotatable bonds is 10. The van der Waals surface area contributed by atoms with Crippen LogP contribution in [0.1, 0.15) is 35.2 Å². The highest BCUT2D eigenvalue weighted by atomic mass is 32.2. The SMILES string of the molecule is CSCCC(NS(=O)(=O)c1ccccc1F)C(=O)NCc1cccc(C(=O)N2CCCC2)c1. The summed E-state index contributed by atoms with van der Waals surface area (Å²) >= 11 is 1.47. The monoisotopic (exact) mass is 493 g/mol. The number of carbonyl (C=O) groups is 2. The smallest absolute Gasteiger partial charge is 0.253 e. The van der Waals surface area contributed by atoms with Crippen LogP contribution in [0.15, 0.2) is 53.4 Å². The van der Waals surface area contributed by atoms with E-state index < -0.39 is 32.7 Å². The van der Waals surface area contributed by atoms with Gasteiger partial charge in [0.15, 0.2) is 0 Å². The largest absolute Gasteiger partial charge is 0.351 e. The fourth-order valence-corrected chi connectivity index (χ4v) is 5.40. The number of hydrogen-bond donors (Lipinski definition) is 2. The molecule has 1 unspecified atom stereocenters. The first-order valence-electron chi connectivity index (χ1n) is 10.7. The maximum absolute atomic E-state index is 14.0. The second kappa shape index (κ2) is 11.6. The minimum absolute atomic E-state index is 0.0313. The fourth-order valence-electron chi connectivity index (χ4n) is 3.62. The van der Waals surface area contributed by atoms with Gasteiger partial charge in [-0.25, -0.2) is 12.8 Å². The van der Waals surface area contributed by atoms with Crippen LogP contribution in [-0.2, 0) is 21.4 Å². The van der Waals surface area contributed by atoms with Crippen LogP contribution in [0.2, 0.25) is 0 Å². The van der Waals surface area contributed by atoms with Crippen LogP contribution in [0.4, 0.5) is 4.39 Å². The molecule has 2 aromatic carbocycles. The van der Waals surface area contributed by atoms with E-state index in [1.807, 2.05) is 11.2 Å². The Labute approximate surface area is 198 Å². The number of nitrogens with one attached hydrogen (secondary N) is 2. The Morgan fingerprint density at radius 3 is 2.55 bits per heavy atom. The summed E-state index contributed by atoms with van der Waals surface area (Å²) in [6, 6.07) is 11.0. The van der Waals surface area contributed by atoms with Gasteiger partial charge in [0.25, 0.3) is 5.91 Å². The molecule has 1 atom stereocenters. The zero-order valence-corrected chi connectivity index (χ0v) is 20.1. The van der Waals surface area contributed by atoms with E-state index in [9.17, 15) is 22.4 Å². The molecule has 1 fully saturated rings.